The van der Waals surface area contributed by atoms with Crippen molar-refractivity contribution in [2.24, 2.45) is 0 Å². The highest BCUT2D eigenvalue weighted by atomic mass is 15.4. The average Bonchev–Trinajstić information content (AvgIpc) is 2.74. The highest BCUT2D eigenvalue weighted by Gasteiger charge is 2.06. The Hall–Kier alpha value is -2.50. The van der Waals surface area contributed by atoms with E-state index in [1.54, 1.807) is 10.9 Å². The number of hydrogen-bond donors (Lipinski definition) is 1. The van der Waals surface area contributed by atoms with E-state index >= 15 is 0 Å². The number of hydrogen-bond acceptors (Lipinski definition) is 5. The van der Waals surface area contributed by atoms with E-state index in [1.807, 2.05) is 24.3 Å². The van der Waals surface area contributed by atoms with Gasteiger partial charge in [-0.3, -0.25) is 0 Å². The number of nitrogen functional groups attached to an aromatic ring is 1. The normalized spacial score (nSPS) is 10.8. The summed E-state index contributed by atoms with van der Waals surface area (Å²) in [6, 6.07) is 7.65. The third kappa shape index (κ3) is 1.28. The quantitative estimate of drug-likeness (QED) is 0.644. The fourth-order valence-electron chi connectivity index (χ4n) is 1.48. The van der Waals surface area contributed by atoms with E-state index in [2.05, 4.69) is 20.3 Å². The molecule has 0 radical (unpaired) electrons. The summed E-state index contributed by atoms with van der Waals surface area (Å²) < 4.78 is 1.63. The lowest BCUT2D eigenvalue weighted by Crippen LogP contribution is -2.01. The van der Waals surface area contributed by atoms with E-state index < -0.39 is 0 Å². The smallest absolute Gasteiger partial charge is 0.174 e. The van der Waals surface area contributed by atoms with Gasteiger partial charge in [-0.15, -0.1) is 5.10 Å². The van der Waals surface area contributed by atoms with Crippen LogP contribution in [0, 0.1) is 0 Å². The Morgan fingerprint density at radius 3 is 2.75 bits per heavy atom. The maximum Gasteiger partial charge on any atom is 0.174 e. The Bertz CT molecular complexity index is 627. The molecule has 0 saturated heterocycles. The SMILES string of the molecule is Nc1cnc(-n2nnc3ccccc32)cn1. The predicted molar refractivity (Wildman–Crippen MR) is 58.9 cm³/mol. The minimum Gasteiger partial charge on any atom is -0.382 e. The summed E-state index contributed by atoms with van der Waals surface area (Å²) in [5.41, 5.74) is 7.18. The molecule has 0 amide bonds. The number of rotatable bonds is 1. The predicted octanol–water partition coefficient (Wildman–Crippen LogP) is 0.793. The molecule has 0 aliphatic carbocycles. The summed E-state index contributed by atoms with van der Waals surface area (Å²) in [6.45, 7) is 0. The van der Waals surface area contributed by atoms with Gasteiger partial charge in [0, 0.05) is 0 Å². The third-order valence-corrected chi connectivity index (χ3v) is 2.23. The number of fused-ring (bicyclic) bond motifs is 1. The molecule has 0 aliphatic heterocycles. The van der Waals surface area contributed by atoms with Gasteiger partial charge >= 0.3 is 0 Å². The van der Waals surface area contributed by atoms with Crippen LogP contribution in [0.25, 0.3) is 16.9 Å². The molecular weight excluding hydrogens is 204 g/mol. The van der Waals surface area contributed by atoms with Gasteiger partial charge in [0.25, 0.3) is 0 Å². The Morgan fingerprint density at radius 2 is 1.94 bits per heavy atom. The maximum atomic E-state index is 5.47. The van der Waals surface area contributed by atoms with E-state index in [1.165, 1.54) is 6.20 Å². The molecule has 2 N–H and O–H groups in total. The monoisotopic (exact) mass is 212 g/mol. The topological polar surface area (TPSA) is 82.5 Å². The number of nitrogens with two attached hydrogens (primary N) is 1. The van der Waals surface area contributed by atoms with E-state index in [9.17, 15) is 0 Å². The first-order valence-electron chi connectivity index (χ1n) is 4.73. The van der Waals surface area contributed by atoms with Crippen LogP contribution in [0.3, 0.4) is 0 Å². The standard InChI is InChI=1S/C10H8N6/c11-9-5-13-10(6-12-9)16-8-4-2-1-3-7(8)14-15-16/h1-6H,(H2,11,12). The molecule has 0 aliphatic rings. The van der Waals surface area contributed by atoms with E-state index in [0.29, 0.717) is 11.6 Å². The van der Waals surface area contributed by atoms with Gasteiger partial charge in [0.15, 0.2) is 5.82 Å². The second-order valence-corrected chi connectivity index (χ2v) is 3.29. The van der Waals surface area contributed by atoms with Gasteiger partial charge in [0.2, 0.25) is 0 Å². The van der Waals surface area contributed by atoms with Crippen LogP contribution in [0.15, 0.2) is 36.7 Å². The van der Waals surface area contributed by atoms with Crippen molar-refractivity contribution in [3.05, 3.63) is 36.7 Å². The molecule has 0 bridgehead atoms. The summed E-state index contributed by atoms with van der Waals surface area (Å²) in [5, 5.41) is 8.05. The van der Waals surface area contributed by atoms with Gasteiger partial charge in [-0.2, -0.15) is 4.68 Å². The molecule has 6 nitrogen and oxygen atoms in total. The zero-order chi connectivity index (χ0) is 11.0. The van der Waals surface area contributed by atoms with Crippen LogP contribution < -0.4 is 5.73 Å². The summed E-state index contributed by atoms with van der Waals surface area (Å²) in [6.07, 6.45) is 3.06. The second kappa shape index (κ2) is 3.27. The van der Waals surface area contributed by atoms with Crippen molar-refractivity contribution >= 4 is 16.9 Å². The lowest BCUT2D eigenvalue weighted by molar-refractivity contribution is 0.796. The van der Waals surface area contributed by atoms with Crippen molar-refractivity contribution in [2.75, 3.05) is 5.73 Å². The Kier molecular flexibility index (Phi) is 1.79. The molecule has 0 fully saturated rings. The second-order valence-electron chi connectivity index (χ2n) is 3.29. The highest BCUT2D eigenvalue weighted by Crippen LogP contribution is 2.13. The molecule has 6 heteroatoms. The van der Waals surface area contributed by atoms with E-state index in [4.69, 9.17) is 5.73 Å². The summed E-state index contributed by atoms with van der Waals surface area (Å²) >= 11 is 0. The fraction of sp³-hybridized carbons (Fsp3) is 0. The lowest BCUT2D eigenvalue weighted by atomic mass is 10.3. The van der Waals surface area contributed by atoms with Crippen molar-refractivity contribution < 1.29 is 0 Å². The molecule has 3 rings (SSSR count). The lowest BCUT2D eigenvalue weighted by Gasteiger charge is -1.99. The van der Waals surface area contributed by atoms with Gasteiger partial charge in [0.1, 0.15) is 11.3 Å². The van der Waals surface area contributed by atoms with Crippen LogP contribution in [0.1, 0.15) is 0 Å². The Labute approximate surface area is 90.7 Å². The maximum absolute atomic E-state index is 5.47. The Morgan fingerprint density at radius 1 is 1.06 bits per heavy atom. The summed E-state index contributed by atoms with van der Waals surface area (Å²) in [5.74, 6) is 0.982. The van der Waals surface area contributed by atoms with Crippen molar-refractivity contribution in [3.63, 3.8) is 0 Å². The van der Waals surface area contributed by atoms with E-state index in [-0.39, 0.29) is 0 Å². The Balaban J connectivity index is 2.22. The zero-order valence-electron chi connectivity index (χ0n) is 8.28. The summed E-state index contributed by atoms with van der Waals surface area (Å²) in [4.78, 5) is 8.11. The number of aromatic nitrogens is 5. The minimum absolute atomic E-state index is 0.383. The molecule has 78 valence electrons. The van der Waals surface area contributed by atoms with Crippen LogP contribution in [0.2, 0.25) is 0 Å². The van der Waals surface area contributed by atoms with Gasteiger partial charge in [-0.25, -0.2) is 9.97 Å². The zero-order valence-corrected chi connectivity index (χ0v) is 8.28. The number of para-hydroxylation sites is 1. The number of nitrogens with zero attached hydrogens (tertiary/aromatic N) is 5. The highest BCUT2D eigenvalue weighted by molar-refractivity contribution is 5.75. The van der Waals surface area contributed by atoms with Crippen LogP contribution >= 0.6 is 0 Å². The third-order valence-electron chi connectivity index (χ3n) is 2.23. The largest absolute Gasteiger partial charge is 0.382 e. The summed E-state index contributed by atoms with van der Waals surface area (Å²) in [7, 11) is 0. The van der Waals surface area contributed by atoms with Gasteiger partial charge in [0.05, 0.1) is 17.9 Å². The van der Waals surface area contributed by atoms with Gasteiger partial charge in [-0.05, 0) is 12.1 Å². The molecule has 1 aromatic carbocycles. The first-order valence-corrected chi connectivity index (χ1v) is 4.73. The molecule has 3 aromatic rings. The van der Waals surface area contributed by atoms with Crippen molar-refractivity contribution in [3.8, 4) is 5.82 Å². The molecule has 2 aromatic heterocycles. The fourth-order valence-corrected chi connectivity index (χ4v) is 1.48. The molecule has 0 spiro atoms. The molecule has 2 heterocycles. The van der Waals surface area contributed by atoms with Crippen LogP contribution in [-0.2, 0) is 0 Å². The van der Waals surface area contributed by atoms with E-state index in [0.717, 1.165) is 11.0 Å². The number of anilines is 1. The van der Waals surface area contributed by atoms with Crippen molar-refractivity contribution in [1.29, 1.82) is 0 Å². The number of benzene rings is 1. The van der Waals surface area contributed by atoms with Crippen LogP contribution in [0.5, 0.6) is 0 Å². The van der Waals surface area contributed by atoms with Crippen molar-refractivity contribution in [2.45, 2.75) is 0 Å². The first-order chi connectivity index (χ1) is 7.84. The first kappa shape index (κ1) is 8.78. The van der Waals surface area contributed by atoms with Crippen molar-refractivity contribution in [1.82, 2.24) is 25.0 Å². The molecule has 0 unspecified atom stereocenters. The van der Waals surface area contributed by atoms with Gasteiger partial charge in [-0.1, -0.05) is 17.3 Å². The minimum atomic E-state index is 0.383. The molecular formula is C10H8N6. The van der Waals surface area contributed by atoms with Gasteiger partial charge < -0.3 is 5.73 Å². The molecule has 0 atom stereocenters. The molecule has 16 heavy (non-hydrogen) atoms. The molecule has 0 saturated carbocycles. The van der Waals surface area contributed by atoms with Crippen LogP contribution in [0.4, 0.5) is 5.82 Å². The van der Waals surface area contributed by atoms with Crippen LogP contribution in [-0.4, -0.2) is 25.0 Å². The average molecular weight is 212 g/mol.